The van der Waals surface area contributed by atoms with Crippen LogP contribution in [0.15, 0.2) is 54.4 Å². The summed E-state index contributed by atoms with van der Waals surface area (Å²) in [5.41, 5.74) is 2.45. The second-order valence-electron chi connectivity index (χ2n) is 5.90. The number of esters is 1. The van der Waals surface area contributed by atoms with Crippen LogP contribution in [0.4, 0.5) is 0 Å². The van der Waals surface area contributed by atoms with Crippen molar-refractivity contribution in [3.05, 3.63) is 65.5 Å². The van der Waals surface area contributed by atoms with Crippen LogP contribution in [0, 0.1) is 0 Å². The van der Waals surface area contributed by atoms with Crippen LogP contribution in [-0.4, -0.2) is 16.3 Å². The Balaban J connectivity index is 1.73. The SMILES string of the molecule is CC(=O)Oc1ccc2c(c1)OC(=Cc1cn(C)c3ccccc13)C2=O. The first kappa shape index (κ1) is 15.2. The third-order valence-electron chi connectivity index (χ3n) is 4.12. The molecule has 0 saturated carbocycles. The van der Waals surface area contributed by atoms with Crippen LogP contribution in [0.5, 0.6) is 11.5 Å². The molecule has 0 aliphatic carbocycles. The van der Waals surface area contributed by atoms with E-state index in [0.29, 0.717) is 17.1 Å². The third-order valence-corrected chi connectivity index (χ3v) is 4.12. The number of nitrogens with zero attached hydrogens (tertiary/aromatic N) is 1. The summed E-state index contributed by atoms with van der Waals surface area (Å²) in [5.74, 6) is 0.403. The Hall–Kier alpha value is -3.34. The molecule has 0 fully saturated rings. The van der Waals surface area contributed by atoms with Crippen LogP contribution >= 0.6 is 0 Å². The normalized spacial score (nSPS) is 14.6. The van der Waals surface area contributed by atoms with E-state index < -0.39 is 5.97 Å². The van der Waals surface area contributed by atoms with Crippen molar-refractivity contribution in [1.29, 1.82) is 0 Å². The topological polar surface area (TPSA) is 57.5 Å². The number of aryl methyl sites for hydroxylation is 1. The van der Waals surface area contributed by atoms with Gasteiger partial charge in [0.15, 0.2) is 5.76 Å². The van der Waals surface area contributed by atoms with Gasteiger partial charge in [-0.1, -0.05) is 18.2 Å². The van der Waals surface area contributed by atoms with Crippen molar-refractivity contribution < 1.29 is 19.1 Å². The molecule has 5 heteroatoms. The Labute approximate surface area is 144 Å². The number of hydrogen-bond acceptors (Lipinski definition) is 4. The van der Waals surface area contributed by atoms with Gasteiger partial charge in [0.2, 0.25) is 5.78 Å². The lowest BCUT2D eigenvalue weighted by Crippen LogP contribution is -2.01. The fraction of sp³-hybridized carbons (Fsp3) is 0.100. The molecule has 0 N–H and O–H groups in total. The van der Waals surface area contributed by atoms with Crippen molar-refractivity contribution in [1.82, 2.24) is 4.57 Å². The summed E-state index contributed by atoms with van der Waals surface area (Å²) in [6, 6.07) is 12.7. The molecule has 0 atom stereocenters. The van der Waals surface area contributed by atoms with Gasteiger partial charge in [0.25, 0.3) is 0 Å². The Kier molecular flexibility index (Phi) is 3.42. The van der Waals surface area contributed by atoms with Gasteiger partial charge in [-0.2, -0.15) is 0 Å². The van der Waals surface area contributed by atoms with E-state index >= 15 is 0 Å². The minimum Gasteiger partial charge on any atom is -0.452 e. The highest BCUT2D eigenvalue weighted by molar-refractivity contribution is 6.15. The zero-order chi connectivity index (χ0) is 17.6. The average molecular weight is 333 g/mol. The maximum absolute atomic E-state index is 12.6. The molecular weight excluding hydrogens is 318 g/mol. The van der Waals surface area contributed by atoms with Crippen molar-refractivity contribution in [2.45, 2.75) is 6.92 Å². The standard InChI is InChI=1S/C20H15NO4/c1-12(22)24-14-7-8-16-18(10-14)25-19(20(16)23)9-13-11-21(2)17-6-4-3-5-15(13)17/h3-11H,1-2H3. The molecule has 0 bridgehead atoms. The summed E-state index contributed by atoms with van der Waals surface area (Å²) in [6.45, 7) is 1.32. The molecule has 0 saturated heterocycles. The molecule has 1 aliphatic rings. The number of ether oxygens (including phenoxy) is 2. The molecule has 0 radical (unpaired) electrons. The molecule has 124 valence electrons. The number of carbonyl (C=O) groups is 2. The van der Waals surface area contributed by atoms with Crippen molar-refractivity contribution in [2.75, 3.05) is 0 Å². The van der Waals surface area contributed by atoms with E-state index in [4.69, 9.17) is 9.47 Å². The quantitative estimate of drug-likeness (QED) is 0.407. The summed E-state index contributed by atoms with van der Waals surface area (Å²) in [7, 11) is 1.96. The number of rotatable bonds is 2. The molecule has 4 rings (SSSR count). The summed E-state index contributed by atoms with van der Waals surface area (Å²) < 4.78 is 12.8. The molecule has 1 aliphatic heterocycles. The lowest BCUT2D eigenvalue weighted by Gasteiger charge is -2.02. The molecule has 0 unspecified atom stereocenters. The predicted molar refractivity (Wildman–Crippen MR) is 93.6 cm³/mol. The lowest BCUT2D eigenvalue weighted by molar-refractivity contribution is -0.131. The molecule has 5 nitrogen and oxygen atoms in total. The second kappa shape index (κ2) is 5.63. The van der Waals surface area contributed by atoms with Crippen LogP contribution in [0.2, 0.25) is 0 Å². The molecule has 0 spiro atoms. The molecule has 3 aromatic rings. The average Bonchev–Trinajstić information content (AvgIpc) is 3.06. The van der Waals surface area contributed by atoms with E-state index in [-0.39, 0.29) is 11.5 Å². The minimum absolute atomic E-state index is 0.183. The van der Waals surface area contributed by atoms with E-state index in [0.717, 1.165) is 16.5 Å². The maximum atomic E-state index is 12.6. The number of ketones is 1. The van der Waals surface area contributed by atoms with Gasteiger partial charge >= 0.3 is 5.97 Å². The third kappa shape index (κ3) is 2.59. The van der Waals surface area contributed by atoms with E-state index in [1.54, 1.807) is 24.3 Å². The van der Waals surface area contributed by atoms with E-state index in [1.807, 2.05) is 42.1 Å². The van der Waals surface area contributed by atoms with E-state index in [2.05, 4.69) is 0 Å². The first-order valence-electron chi connectivity index (χ1n) is 7.84. The minimum atomic E-state index is -0.421. The van der Waals surface area contributed by atoms with Gasteiger partial charge < -0.3 is 14.0 Å². The van der Waals surface area contributed by atoms with Gasteiger partial charge in [-0.15, -0.1) is 0 Å². The molecule has 25 heavy (non-hydrogen) atoms. The molecule has 2 heterocycles. The van der Waals surface area contributed by atoms with E-state index in [1.165, 1.54) is 6.92 Å². The van der Waals surface area contributed by atoms with Crippen LogP contribution in [-0.2, 0) is 11.8 Å². The molecular formula is C20H15NO4. The lowest BCUT2D eigenvalue weighted by atomic mass is 10.1. The first-order valence-corrected chi connectivity index (χ1v) is 7.84. The number of Topliss-reactive ketones (excluding diaryl/α,β-unsaturated/α-hetero) is 1. The highest BCUT2D eigenvalue weighted by atomic mass is 16.5. The fourth-order valence-electron chi connectivity index (χ4n) is 3.03. The van der Waals surface area contributed by atoms with Crippen molar-refractivity contribution >= 4 is 28.7 Å². The zero-order valence-corrected chi connectivity index (χ0v) is 13.8. The number of aromatic nitrogens is 1. The Bertz CT molecular complexity index is 1060. The zero-order valence-electron chi connectivity index (χ0n) is 13.8. The number of para-hydroxylation sites is 1. The molecule has 2 aromatic carbocycles. The summed E-state index contributed by atoms with van der Waals surface area (Å²) in [4.78, 5) is 23.6. The van der Waals surface area contributed by atoms with Crippen LogP contribution in [0.3, 0.4) is 0 Å². The maximum Gasteiger partial charge on any atom is 0.308 e. The molecule has 0 amide bonds. The van der Waals surface area contributed by atoms with Gasteiger partial charge in [0.05, 0.1) is 5.56 Å². The van der Waals surface area contributed by atoms with Crippen molar-refractivity contribution in [2.24, 2.45) is 7.05 Å². The summed E-state index contributed by atoms with van der Waals surface area (Å²) >= 11 is 0. The van der Waals surface area contributed by atoms with Crippen LogP contribution in [0.25, 0.3) is 17.0 Å². The Morgan fingerprint density at radius 3 is 2.80 bits per heavy atom. The smallest absolute Gasteiger partial charge is 0.308 e. The van der Waals surface area contributed by atoms with Crippen molar-refractivity contribution in [3.63, 3.8) is 0 Å². The number of fused-ring (bicyclic) bond motifs is 2. The Morgan fingerprint density at radius 2 is 2.00 bits per heavy atom. The second-order valence-corrected chi connectivity index (χ2v) is 5.90. The largest absolute Gasteiger partial charge is 0.452 e. The summed E-state index contributed by atoms with van der Waals surface area (Å²) in [6.07, 6.45) is 3.71. The fourth-order valence-corrected chi connectivity index (χ4v) is 3.03. The molecule has 1 aromatic heterocycles. The van der Waals surface area contributed by atoms with Gasteiger partial charge in [0, 0.05) is 42.7 Å². The number of benzene rings is 2. The highest BCUT2D eigenvalue weighted by Crippen LogP contribution is 2.35. The van der Waals surface area contributed by atoms with Gasteiger partial charge in [-0.25, -0.2) is 0 Å². The van der Waals surface area contributed by atoms with Gasteiger partial charge in [-0.3, -0.25) is 9.59 Å². The number of carbonyl (C=O) groups excluding carboxylic acids is 2. The van der Waals surface area contributed by atoms with Crippen LogP contribution < -0.4 is 9.47 Å². The summed E-state index contributed by atoms with van der Waals surface area (Å²) in [5, 5.41) is 1.05. The number of hydrogen-bond donors (Lipinski definition) is 0. The number of allylic oxidation sites excluding steroid dienone is 1. The van der Waals surface area contributed by atoms with Crippen LogP contribution in [0.1, 0.15) is 22.8 Å². The predicted octanol–water partition coefficient (Wildman–Crippen LogP) is 3.72. The monoisotopic (exact) mass is 333 g/mol. The van der Waals surface area contributed by atoms with Gasteiger partial charge in [0.1, 0.15) is 11.5 Å². The first-order chi connectivity index (χ1) is 12.0. The van der Waals surface area contributed by atoms with Crippen molar-refractivity contribution in [3.8, 4) is 11.5 Å². The van der Waals surface area contributed by atoms with Gasteiger partial charge in [-0.05, 0) is 24.3 Å². The Morgan fingerprint density at radius 1 is 1.20 bits per heavy atom. The highest BCUT2D eigenvalue weighted by Gasteiger charge is 2.28. The van der Waals surface area contributed by atoms with E-state index in [9.17, 15) is 9.59 Å².